The Hall–Kier alpha value is -3.19. The number of piperidine rings is 1. The molecular formula is C32H35ClN2O4. The molecule has 204 valence electrons. The molecule has 1 aliphatic carbocycles. The maximum absolute atomic E-state index is 12.3. The van der Waals surface area contributed by atoms with Gasteiger partial charge in [0.2, 0.25) is 5.88 Å². The number of esters is 1. The minimum Gasteiger partial charge on any atom is -0.465 e. The number of aromatic nitrogens is 1. The number of rotatable bonds is 7. The molecular weight excluding hydrogens is 512 g/mol. The molecule has 39 heavy (non-hydrogen) atoms. The number of halogens is 1. The number of fused-ring (bicyclic) bond motifs is 2. The summed E-state index contributed by atoms with van der Waals surface area (Å²) in [5.74, 6) is 1.13. The summed E-state index contributed by atoms with van der Waals surface area (Å²) in [5.41, 5.74) is 3.41. The van der Waals surface area contributed by atoms with Crippen LogP contribution in [0.4, 0.5) is 0 Å². The number of allylic oxidation sites excluding steroid dienone is 6. The van der Waals surface area contributed by atoms with Gasteiger partial charge in [-0.3, -0.25) is 0 Å². The maximum atomic E-state index is 12.3. The number of carbonyl (C=O) groups excluding carboxylic acids is 1. The van der Waals surface area contributed by atoms with Gasteiger partial charge in [-0.05, 0) is 67.2 Å². The number of hydrogen-bond acceptors (Lipinski definition) is 6. The predicted octanol–water partition coefficient (Wildman–Crippen LogP) is 6.47. The Morgan fingerprint density at radius 2 is 2.05 bits per heavy atom. The first-order valence-electron chi connectivity index (χ1n) is 13.7. The number of benzene rings is 1. The van der Waals surface area contributed by atoms with Crippen LogP contribution < -0.4 is 4.74 Å². The number of aliphatic hydroxyl groups is 1. The van der Waals surface area contributed by atoms with Crippen LogP contribution in [-0.2, 0) is 10.3 Å². The van der Waals surface area contributed by atoms with Crippen LogP contribution >= 0.6 is 11.6 Å². The van der Waals surface area contributed by atoms with Crippen molar-refractivity contribution in [1.29, 1.82) is 0 Å². The van der Waals surface area contributed by atoms with E-state index in [1.165, 1.54) is 13.3 Å². The van der Waals surface area contributed by atoms with Crippen LogP contribution in [0, 0.1) is 5.92 Å². The molecule has 0 bridgehead atoms. The van der Waals surface area contributed by atoms with Gasteiger partial charge in [-0.15, -0.1) is 0 Å². The Balaban J connectivity index is 1.36. The highest BCUT2D eigenvalue weighted by Crippen LogP contribution is 2.40. The Kier molecular flexibility index (Phi) is 8.36. The van der Waals surface area contributed by atoms with Gasteiger partial charge in [0.15, 0.2) is 0 Å². The second-order valence-corrected chi connectivity index (χ2v) is 10.8. The van der Waals surface area contributed by atoms with Gasteiger partial charge >= 0.3 is 5.97 Å². The lowest BCUT2D eigenvalue weighted by molar-refractivity contribution is -0.0254. The number of nitrogens with zero attached hydrogens (tertiary/aromatic N) is 2. The van der Waals surface area contributed by atoms with Crippen molar-refractivity contribution >= 4 is 23.1 Å². The predicted molar refractivity (Wildman–Crippen MR) is 154 cm³/mol. The van der Waals surface area contributed by atoms with Crippen LogP contribution in [0.5, 0.6) is 5.88 Å². The summed E-state index contributed by atoms with van der Waals surface area (Å²) in [4.78, 5) is 19.2. The third kappa shape index (κ3) is 6.03. The smallest absolute Gasteiger partial charge is 0.339 e. The quantitative estimate of drug-likeness (QED) is 0.401. The zero-order valence-electron chi connectivity index (χ0n) is 22.5. The van der Waals surface area contributed by atoms with E-state index in [4.69, 9.17) is 21.1 Å². The third-order valence-electron chi connectivity index (χ3n) is 7.85. The minimum atomic E-state index is -0.816. The SMILES string of the molecule is CCCC1C=CC=C2Oc3ncc(C(=O)OC)cc3C(=CCCN3CCC(O)(c4ccc(Cl)cc4)CC3)C=C21. The van der Waals surface area contributed by atoms with E-state index in [9.17, 15) is 9.90 Å². The number of ether oxygens (including phenoxy) is 2. The summed E-state index contributed by atoms with van der Waals surface area (Å²) < 4.78 is 11.2. The number of likely N-dealkylation sites (tertiary alicyclic amines) is 1. The Morgan fingerprint density at radius 1 is 1.28 bits per heavy atom. The fourth-order valence-corrected chi connectivity index (χ4v) is 5.71. The second-order valence-electron chi connectivity index (χ2n) is 10.4. The van der Waals surface area contributed by atoms with Crippen LogP contribution in [0.3, 0.4) is 0 Å². The molecule has 1 aromatic carbocycles. The second kappa shape index (κ2) is 11.9. The minimum absolute atomic E-state index is 0.264. The summed E-state index contributed by atoms with van der Waals surface area (Å²) >= 11 is 6.03. The molecule has 3 aliphatic rings. The van der Waals surface area contributed by atoms with Crippen LogP contribution in [0.1, 0.15) is 60.5 Å². The zero-order valence-corrected chi connectivity index (χ0v) is 23.3. The average Bonchev–Trinajstić information content (AvgIpc) is 3.11. The molecule has 0 amide bonds. The summed E-state index contributed by atoms with van der Waals surface area (Å²) in [7, 11) is 1.37. The molecule has 1 saturated heterocycles. The molecule has 2 aliphatic heterocycles. The van der Waals surface area contributed by atoms with E-state index in [1.807, 2.05) is 42.5 Å². The highest BCUT2D eigenvalue weighted by atomic mass is 35.5. The molecule has 1 atom stereocenters. The molecule has 0 spiro atoms. The summed E-state index contributed by atoms with van der Waals surface area (Å²) in [6.45, 7) is 4.68. The van der Waals surface area contributed by atoms with Crippen LogP contribution in [0.25, 0.3) is 5.57 Å². The maximum Gasteiger partial charge on any atom is 0.339 e. The van der Waals surface area contributed by atoms with Gasteiger partial charge < -0.3 is 19.5 Å². The van der Waals surface area contributed by atoms with E-state index in [1.54, 1.807) is 0 Å². The molecule has 2 aromatic rings. The standard InChI is InChI=1S/C32H35ClN2O4/c1-3-6-22-7-4-9-29-27(22)19-23(28-20-24(31(36)38-2)21-34-30(28)39-29)8-5-16-35-17-14-32(37,15-18-35)25-10-12-26(33)13-11-25/h4,7-13,19-22,37H,3,5-6,14-18H2,1-2H3. The van der Waals surface area contributed by atoms with Crippen LogP contribution in [-0.4, -0.2) is 47.7 Å². The molecule has 6 nitrogen and oxygen atoms in total. The van der Waals surface area contributed by atoms with Gasteiger partial charge in [0.25, 0.3) is 0 Å². The van der Waals surface area contributed by atoms with Crippen molar-refractivity contribution in [1.82, 2.24) is 9.88 Å². The summed E-state index contributed by atoms with van der Waals surface area (Å²) in [6.07, 6.45) is 16.4. The summed E-state index contributed by atoms with van der Waals surface area (Å²) in [6, 6.07) is 9.33. The van der Waals surface area contributed by atoms with E-state index in [-0.39, 0.29) is 5.92 Å². The lowest BCUT2D eigenvalue weighted by atomic mass is 9.84. The highest BCUT2D eigenvalue weighted by Gasteiger charge is 2.33. The average molecular weight is 547 g/mol. The van der Waals surface area contributed by atoms with Crippen LogP contribution in [0.15, 0.2) is 78.2 Å². The van der Waals surface area contributed by atoms with Gasteiger partial charge in [-0.1, -0.05) is 55.3 Å². The highest BCUT2D eigenvalue weighted by molar-refractivity contribution is 6.30. The van der Waals surface area contributed by atoms with E-state index < -0.39 is 11.6 Å². The van der Waals surface area contributed by atoms with Gasteiger partial charge in [0.05, 0.1) is 18.3 Å². The largest absolute Gasteiger partial charge is 0.465 e. The van der Waals surface area contributed by atoms with E-state index in [2.05, 4.69) is 35.0 Å². The van der Waals surface area contributed by atoms with Gasteiger partial charge in [-0.2, -0.15) is 0 Å². The third-order valence-corrected chi connectivity index (χ3v) is 8.10. The zero-order chi connectivity index (χ0) is 27.4. The Labute approximate surface area is 235 Å². The van der Waals surface area contributed by atoms with Crippen LogP contribution in [0.2, 0.25) is 5.02 Å². The fraction of sp³-hybridized carbons (Fsp3) is 0.375. The van der Waals surface area contributed by atoms with Gasteiger partial charge in [-0.25, -0.2) is 9.78 Å². The van der Waals surface area contributed by atoms with Crippen molar-refractivity contribution in [3.8, 4) is 5.88 Å². The van der Waals surface area contributed by atoms with Gasteiger partial charge in [0.1, 0.15) is 5.76 Å². The van der Waals surface area contributed by atoms with Crippen molar-refractivity contribution < 1.29 is 19.4 Å². The lowest BCUT2D eigenvalue weighted by Crippen LogP contribution is -2.42. The van der Waals surface area contributed by atoms with Crippen molar-refractivity contribution in [3.05, 3.63) is 100.0 Å². The van der Waals surface area contributed by atoms with E-state index in [0.717, 1.165) is 66.9 Å². The monoisotopic (exact) mass is 546 g/mol. The Bertz CT molecular complexity index is 1330. The first-order valence-corrected chi connectivity index (χ1v) is 14.1. The first kappa shape index (κ1) is 27.4. The summed E-state index contributed by atoms with van der Waals surface area (Å²) in [5, 5.41) is 11.9. The molecule has 1 fully saturated rings. The van der Waals surface area contributed by atoms with Crippen molar-refractivity contribution in [2.45, 2.75) is 44.6 Å². The molecule has 3 heterocycles. The van der Waals surface area contributed by atoms with Crippen molar-refractivity contribution in [2.24, 2.45) is 5.92 Å². The topological polar surface area (TPSA) is 71.9 Å². The molecule has 1 unspecified atom stereocenters. The van der Waals surface area contributed by atoms with Gasteiger partial charge in [0, 0.05) is 47.9 Å². The normalized spacial score (nSPS) is 21.2. The Morgan fingerprint density at radius 3 is 2.77 bits per heavy atom. The molecule has 0 saturated carbocycles. The molecule has 1 aromatic heterocycles. The number of methoxy groups -OCH3 is 1. The molecule has 5 rings (SSSR count). The number of hydrogen-bond donors (Lipinski definition) is 1. The van der Waals surface area contributed by atoms with E-state index >= 15 is 0 Å². The fourth-order valence-electron chi connectivity index (χ4n) is 5.58. The number of carbonyl (C=O) groups is 1. The van der Waals surface area contributed by atoms with Crippen molar-refractivity contribution in [2.75, 3.05) is 26.7 Å². The molecule has 0 radical (unpaired) electrons. The van der Waals surface area contributed by atoms with E-state index in [0.29, 0.717) is 29.3 Å². The van der Waals surface area contributed by atoms with Crippen molar-refractivity contribution in [3.63, 3.8) is 0 Å². The first-order chi connectivity index (χ1) is 18.9. The molecule has 7 heteroatoms. The molecule has 1 N–H and O–H groups in total. The lowest BCUT2D eigenvalue weighted by Gasteiger charge is -2.38. The number of pyridine rings is 1.